The van der Waals surface area contributed by atoms with Crippen molar-refractivity contribution in [3.05, 3.63) is 95.1 Å². The molecule has 4 saturated carbocycles. The van der Waals surface area contributed by atoms with Crippen molar-refractivity contribution in [3.8, 4) is 11.5 Å². The van der Waals surface area contributed by atoms with Crippen LogP contribution in [0.1, 0.15) is 160 Å². The zero-order chi connectivity index (χ0) is 36.5. The molecule has 3 aromatic rings. The number of hydrogen-bond acceptors (Lipinski definition) is 4. The minimum atomic E-state index is -0.728. The molecule has 0 radical (unpaired) electrons. The van der Waals surface area contributed by atoms with Crippen LogP contribution in [0.15, 0.2) is 72.8 Å². The fraction of sp³-hybridized carbons (Fsp3) is 0.609. The predicted octanol–water partition coefficient (Wildman–Crippen LogP) is 12.5. The monoisotopic (exact) mass is 685 g/mol. The lowest BCUT2D eigenvalue weighted by Crippen LogP contribution is -2.54. The summed E-state index contributed by atoms with van der Waals surface area (Å²) in [5.74, 6) is 5.89. The fourth-order valence-electron chi connectivity index (χ4n) is 8.68. The van der Waals surface area contributed by atoms with Crippen LogP contribution < -0.4 is 4.74 Å². The summed E-state index contributed by atoms with van der Waals surface area (Å²) in [5, 5.41) is 18.8. The molecule has 4 aliphatic carbocycles. The third kappa shape index (κ3) is 10.6. The molecule has 0 spiro atoms. The molecule has 2 N–H and O–H groups in total. The number of ether oxygens (including phenoxy) is 2. The minimum absolute atomic E-state index is 0.0691. The molecule has 0 aliphatic heterocycles. The first-order valence-corrected chi connectivity index (χ1v) is 19.8. The summed E-state index contributed by atoms with van der Waals surface area (Å²) in [4.78, 5) is 0. The number of aromatic hydroxyl groups is 1. The van der Waals surface area contributed by atoms with Crippen LogP contribution in [0.25, 0.3) is 0 Å². The smallest absolute Gasteiger partial charge is 0.205 e. The molecule has 4 aliphatic rings. The van der Waals surface area contributed by atoms with E-state index >= 15 is 0 Å². The Labute approximate surface area is 305 Å². The van der Waals surface area contributed by atoms with Crippen LogP contribution in [0.3, 0.4) is 0 Å². The summed E-state index contributed by atoms with van der Waals surface area (Å²) in [7, 11) is 0. The molecule has 0 aromatic heterocycles. The van der Waals surface area contributed by atoms with Gasteiger partial charge in [0.05, 0.1) is 5.60 Å². The average molecular weight is 685 g/mol. The molecule has 4 fully saturated rings. The van der Waals surface area contributed by atoms with Crippen LogP contribution in [0, 0.1) is 23.2 Å². The van der Waals surface area contributed by atoms with E-state index in [1.165, 1.54) is 61.6 Å². The van der Waals surface area contributed by atoms with Gasteiger partial charge in [0.25, 0.3) is 0 Å². The van der Waals surface area contributed by atoms with Gasteiger partial charge in [0.2, 0.25) is 6.29 Å². The summed E-state index contributed by atoms with van der Waals surface area (Å²) in [6.07, 6.45) is 11.7. The van der Waals surface area contributed by atoms with E-state index in [1.807, 2.05) is 38.1 Å². The normalized spacial score (nSPS) is 24.6. The Hall–Kier alpha value is -2.82. The Bertz CT molecular complexity index is 1370. The standard InChI is InChI=1S/C23H34O2.C13H20O.C10H14O/c1-4-16(3)20-6-8-21(9-7-20)25-22(24-5-2)23-13-17-10-18(14-23)12-19(11-17)15-23;1-5-10(2)11-6-8-12(9-7-11)13(3,4)14;1-3-8(2)9-4-6-10(11)7-5-9/h6-9,16-19,22H,4-5,10-15H2,1-3H3;6-10,14H,5H2,1-4H3;4-8,11H,3H2,1-2H3. The van der Waals surface area contributed by atoms with Crippen LogP contribution in [-0.2, 0) is 10.3 Å². The lowest BCUT2D eigenvalue weighted by Gasteiger charge is -2.58. The maximum Gasteiger partial charge on any atom is 0.205 e. The van der Waals surface area contributed by atoms with Crippen molar-refractivity contribution in [1.29, 1.82) is 0 Å². The Balaban J connectivity index is 0.000000190. The lowest BCUT2D eigenvalue weighted by atomic mass is 9.49. The largest absolute Gasteiger partial charge is 0.508 e. The van der Waals surface area contributed by atoms with Crippen LogP contribution in [0.4, 0.5) is 0 Å². The first-order chi connectivity index (χ1) is 23.8. The quantitative estimate of drug-likeness (QED) is 0.186. The fourth-order valence-corrected chi connectivity index (χ4v) is 8.68. The van der Waals surface area contributed by atoms with E-state index in [0.717, 1.165) is 48.5 Å². The highest BCUT2D eigenvalue weighted by molar-refractivity contribution is 5.30. The van der Waals surface area contributed by atoms with Gasteiger partial charge < -0.3 is 19.7 Å². The molecule has 7 rings (SSSR count). The Morgan fingerprint density at radius 2 is 1.02 bits per heavy atom. The summed E-state index contributed by atoms with van der Waals surface area (Å²) in [6.45, 7) is 19.7. The second-order valence-corrected chi connectivity index (χ2v) is 16.5. The molecule has 0 heterocycles. The molecule has 50 heavy (non-hydrogen) atoms. The van der Waals surface area contributed by atoms with Crippen LogP contribution in [0.5, 0.6) is 11.5 Å². The maximum atomic E-state index is 9.78. The highest BCUT2D eigenvalue weighted by atomic mass is 16.7. The van der Waals surface area contributed by atoms with E-state index < -0.39 is 5.60 Å². The van der Waals surface area contributed by atoms with E-state index in [4.69, 9.17) is 14.6 Å². The maximum absolute atomic E-state index is 9.78. The van der Waals surface area contributed by atoms with Gasteiger partial charge in [0, 0.05) is 12.0 Å². The summed E-state index contributed by atoms with van der Waals surface area (Å²) >= 11 is 0. The van der Waals surface area contributed by atoms with Crippen molar-refractivity contribution < 1.29 is 19.7 Å². The highest BCUT2D eigenvalue weighted by Gasteiger charge is 2.55. The van der Waals surface area contributed by atoms with Gasteiger partial charge in [-0.1, -0.05) is 90.1 Å². The predicted molar refractivity (Wildman–Crippen MR) is 209 cm³/mol. The molecular weight excluding hydrogens is 617 g/mol. The molecule has 4 nitrogen and oxygen atoms in total. The van der Waals surface area contributed by atoms with E-state index in [9.17, 15) is 5.11 Å². The molecule has 0 amide bonds. The molecule has 4 bridgehead atoms. The van der Waals surface area contributed by atoms with Gasteiger partial charge in [-0.05, 0) is 161 Å². The van der Waals surface area contributed by atoms with Crippen molar-refractivity contribution >= 4 is 0 Å². The number of phenols is 1. The van der Waals surface area contributed by atoms with Gasteiger partial charge in [-0.3, -0.25) is 0 Å². The number of phenolic OH excluding ortho intramolecular Hbond substituents is 1. The minimum Gasteiger partial charge on any atom is -0.508 e. The molecule has 4 atom stereocenters. The van der Waals surface area contributed by atoms with E-state index in [2.05, 4.69) is 84.9 Å². The number of rotatable bonds is 12. The van der Waals surface area contributed by atoms with Crippen molar-refractivity contribution in [1.82, 2.24) is 0 Å². The second-order valence-electron chi connectivity index (χ2n) is 16.5. The molecule has 0 saturated heterocycles. The molecule has 276 valence electrons. The third-order valence-corrected chi connectivity index (χ3v) is 12.1. The van der Waals surface area contributed by atoms with Gasteiger partial charge in [-0.15, -0.1) is 0 Å². The van der Waals surface area contributed by atoms with Gasteiger partial charge in [-0.25, -0.2) is 0 Å². The summed E-state index contributed by atoms with van der Waals surface area (Å²) in [5.41, 5.74) is 4.56. The molecular formula is C46H68O4. The Morgan fingerprint density at radius 3 is 1.38 bits per heavy atom. The zero-order valence-corrected chi connectivity index (χ0v) is 32.8. The topological polar surface area (TPSA) is 58.9 Å². The summed E-state index contributed by atoms with van der Waals surface area (Å²) < 4.78 is 12.7. The first-order valence-electron chi connectivity index (χ1n) is 19.8. The average Bonchev–Trinajstić information content (AvgIpc) is 3.10. The number of benzene rings is 3. The Morgan fingerprint density at radius 1 is 0.640 bits per heavy atom. The van der Waals surface area contributed by atoms with Crippen molar-refractivity contribution in [2.24, 2.45) is 23.2 Å². The van der Waals surface area contributed by atoms with Crippen molar-refractivity contribution in [2.45, 2.75) is 150 Å². The van der Waals surface area contributed by atoms with Crippen molar-refractivity contribution in [3.63, 3.8) is 0 Å². The van der Waals surface area contributed by atoms with Crippen molar-refractivity contribution in [2.75, 3.05) is 6.61 Å². The van der Waals surface area contributed by atoms with E-state index in [1.54, 1.807) is 12.1 Å². The van der Waals surface area contributed by atoms with E-state index in [0.29, 0.717) is 23.5 Å². The number of hydrogen-bond donors (Lipinski definition) is 2. The van der Waals surface area contributed by atoms with Crippen LogP contribution in [-0.4, -0.2) is 23.1 Å². The Kier molecular flexibility index (Phi) is 14.5. The summed E-state index contributed by atoms with van der Waals surface area (Å²) in [6, 6.07) is 24.4. The van der Waals surface area contributed by atoms with Gasteiger partial charge in [0.1, 0.15) is 11.5 Å². The first kappa shape index (κ1) is 40.0. The van der Waals surface area contributed by atoms with Gasteiger partial charge in [0.15, 0.2) is 0 Å². The van der Waals surface area contributed by atoms with Gasteiger partial charge >= 0.3 is 0 Å². The molecule has 3 aromatic carbocycles. The van der Waals surface area contributed by atoms with Gasteiger partial charge in [-0.2, -0.15) is 0 Å². The highest BCUT2D eigenvalue weighted by Crippen LogP contribution is 2.61. The third-order valence-electron chi connectivity index (χ3n) is 12.1. The van der Waals surface area contributed by atoms with Crippen LogP contribution in [0.2, 0.25) is 0 Å². The molecule has 4 heteroatoms. The second kappa shape index (κ2) is 18.1. The molecule has 4 unspecified atom stereocenters. The van der Waals surface area contributed by atoms with E-state index in [-0.39, 0.29) is 11.7 Å². The van der Waals surface area contributed by atoms with Crippen LogP contribution >= 0.6 is 0 Å². The lowest BCUT2D eigenvalue weighted by molar-refractivity contribution is -0.213. The zero-order valence-electron chi connectivity index (χ0n) is 32.8. The SMILES string of the molecule is CCC(C)c1ccc(C(C)(C)O)cc1.CCC(C)c1ccc(O)cc1.CCOC(Oc1ccc(C(C)CC)cc1)C12CC3CC(CC(C3)C1)C2. The number of aliphatic hydroxyl groups is 1.